The molecule has 4 rings (SSSR count). The van der Waals surface area contributed by atoms with Crippen molar-refractivity contribution in [3.8, 4) is 5.69 Å². The van der Waals surface area contributed by atoms with Gasteiger partial charge in [-0.1, -0.05) is 31.0 Å². The average Bonchev–Trinajstić information content (AvgIpc) is 3.22. The molecule has 3 unspecified atom stereocenters. The monoisotopic (exact) mass is 310 g/mol. The molecule has 1 aromatic heterocycles. The Bertz CT molecular complexity index is 667. The third kappa shape index (κ3) is 3.01. The lowest BCUT2D eigenvalue weighted by molar-refractivity contribution is -0.117. The van der Waals surface area contributed by atoms with Crippen LogP contribution in [0.3, 0.4) is 0 Å². The molecule has 1 saturated carbocycles. The summed E-state index contributed by atoms with van der Waals surface area (Å²) < 4.78 is 1.78. The van der Waals surface area contributed by atoms with E-state index in [1.165, 1.54) is 25.7 Å². The van der Waals surface area contributed by atoms with Gasteiger partial charge in [-0.15, -0.1) is 0 Å². The van der Waals surface area contributed by atoms with E-state index in [-0.39, 0.29) is 11.9 Å². The summed E-state index contributed by atoms with van der Waals surface area (Å²) in [5, 5.41) is 10.8. The Morgan fingerprint density at radius 2 is 2.04 bits per heavy atom. The van der Waals surface area contributed by atoms with Crippen LogP contribution < -0.4 is 10.6 Å². The Labute approximate surface area is 136 Å². The minimum Gasteiger partial charge on any atom is -0.322 e. The maximum atomic E-state index is 12.5. The van der Waals surface area contributed by atoms with Crippen molar-refractivity contribution >= 4 is 11.6 Å². The van der Waals surface area contributed by atoms with Crippen LogP contribution in [0.25, 0.3) is 5.69 Å². The Morgan fingerprint density at radius 1 is 1.22 bits per heavy atom. The Kier molecular flexibility index (Phi) is 3.87. The van der Waals surface area contributed by atoms with Crippen LogP contribution in [-0.2, 0) is 4.79 Å². The first-order chi connectivity index (χ1) is 11.3. The number of rotatable bonds is 3. The molecule has 1 aliphatic carbocycles. The molecular weight excluding hydrogens is 288 g/mol. The first-order valence-corrected chi connectivity index (χ1v) is 8.46. The van der Waals surface area contributed by atoms with Crippen LogP contribution in [0.2, 0.25) is 0 Å². The van der Waals surface area contributed by atoms with E-state index in [4.69, 9.17) is 0 Å². The first kappa shape index (κ1) is 14.5. The summed E-state index contributed by atoms with van der Waals surface area (Å²) in [4.78, 5) is 12.5. The lowest BCUT2D eigenvalue weighted by Crippen LogP contribution is -2.39. The number of fused-ring (bicyclic) bond motifs is 1. The number of para-hydroxylation sites is 1. The highest BCUT2D eigenvalue weighted by molar-refractivity contribution is 5.94. The molecule has 0 bridgehead atoms. The average molecular weight is 310 g/mol. The van der Waals surface area contributed by atoms with E-state index in [1.807, 2.05) is 36.5 Å². The van der Waals surface area contributed by atoms with E-state index in [1.54, 1.807) is 10.9 Å². The second kappa shape index (κ2) is 6.16. The van der Waals surface area contributed by atoms with Crippen molar-refractivity contribution in [2.45, 2.75) is 44.2 Å². The quantitative estimate of drug-likeness (QED) is 0.916. The van der Waals surface area contributed by atoms with Gasteiger partial charge < -0.3 is 10.6 Å². The van der Waals surface area contributed by atoms with Crippen molar-refractivity contribution in [2.24, 2.45) is 5.92 Å². The smallest absolute Gasteiger partial charge is 0.241 e. The largest absolute Gasteiger partial charge is 0.322 e. The topological polar surface area (TPSA) is 59.0 Å². The molecule has 2 N–H and O–H groups in total. The van der Waals surface area contributed by atoms with Crippen molar-refractivity contribution < 1.29 is 4.79 Å². The Morgan fingerprint density at radius 3 is 2.87 bits per heavy atom. The zero-order chi connectivity index (χ0) is 15.6. The number of nitrogens with zero attached hydrogens (tertiary/aromatic N) is 2. The minimum absolute atomic E-state index is 0.0620. The molecule has 0 spiro atoms. The highest BCUT2D eigenvalue weighted by Crippen LogP contribution is 2.33. The van der Waals surface area contributed by atoms with E-state index in [9.17, 15) is 4.79 Å². The summed E-state index contributed by atoms with van der Waals surface area (Å²) >= 11 is 0. The number of nitrogens with one attached hydrogen (secondary N) is 2. The summed E-state index contributed by atoms with van der Waals surface area (Å²) in [6.07, 6.45) is 9.58. The molecule has 1 saturated heterocycles. The highest BCUT2D eigenvalue weighted by atomic mass is 16.2. The highest BCUT2D eigenvalue weighted by Gasteiger charge is 2.38. The number of benzene rings is 1. The van der Waals surface area contributed by atoms with Crippen molar-refractivity contribution in [1.29, 1.82) is 0 Å². The third-order valence-corrected chi connectivity index (χ3v) is 5.05. The molecule has 5 nitrogen and oxygen atoms in total. The van der Waals surface area contributed by atoms with Crippen LogP contribution in [-0.4, -0.2) is 27.8 Å². The second-order valence-corrected chi connectivity index (χ2v) is 6.60. The van der Waals surface area contributed by atoms with Gasteiger partial charge in [-0.05, 0) is 37.3 Å². The van der Waals surface area contributed by atoms with Crippen LogP contribution in [0.1, 0.15) is 32.1 Å². The molecule has 1 amide bonds. The number of aromatic nitrogens is 2. The van der Waals surface area contributed by atoms with Crippen molar-refractivity contribution in [1.82, 2.24) is 15.1 Å². The molecule has 2 aromatic rings. The van der Waals surface area contributed by atoms with Gasteiger partial charge >= 0.3 is 0 Å². The van der Waals surface area contributed by atoms with Crippen LogP contribution in [0.5, 0.6) is 0 Å². The van der Waals surface area contributed by atoms with Crippen molar-refractivity contribution in [2.75, 3.05) is 5.32 Å². The van der Waals surface area contributed by atoms with Gasteiger partial charge in [0.15, 0.2) is 0 Å². The maximum absolute atomic E-state index is 12.5. The summed E-state index contributed by atoms with van der Waals surface area (Å²) in [6.45, 7) is 0. The van der Waals surface area contributed by atoms with Gasteiger partial charge in [0.05, 0.1) is 29.8 Å². The normalized spacial score (nSPS) is 26.7. The zero-order valence-corrected chi connectivity index (χ0v) is 13.1. The molecule has 120 valence electrons. The number of carbonyl (C=O) groups excluding carboxylic acids is 1. The van der Waals surface area contributed by atoms with E-state index in [0.29, 0.717) is 12.0 Å². The molecular formula is C18H22N4O. The van der Waals surface area contributed by atoms with Crippen LogP contribution in [0.4, 0.5) is 5.69 Å². The minimum atomic E-state index is -0.0665. The standard InChI is InChI=1S/C18H22N4O/c23-18(17-10-13-6-4-5-9-16(13)21-17)20-14-11-19-22(12-14)15-7-2-1-3-8-15/h1-3,7-8,11-13,16-17,21H,4-6,9-10H2,(H,20,23). The number of anilines is 1. The zero-order valence-electron chi connectivity index (χ0n) is 13.1. The fraction of sp³-hybridized carbons (Fsp3) is 0.444. The molecule has 2 heterocycles. The molecule has 1 aromatic carbocycles. The fourth-order valence-corrected chi connectivity index (χ4v) is 3.86. The predicted molar refractivity (Wildman–Crippen MR) is 89.5 cm³/mol. The molecule has 2 fully saturated rings. The van der Waals surface area contributed by atoms with E-state index < -0.39 is 0 Å². The molecule has 1 aliphatic heterocycles. The van der Waals surface area contributed by atoms with E-state index in [2.05, 4.69) is 15.7 Å². The Hall–Kier alpha value is -2.14. The molecule has 5 heteroatoms. The summed E-state index contributed by atoms with van der Waals surface area (Å²) in [7, 11) is 0. The van der Waals surface area contributed by atoms with E-state index in [0.717, 1.165) is 17.8 Å². The van der Waals surface area contributed by atoms with Gasteiger partial charge in [0.1, 0.15) is 0 Å². The summed E-state index contributed by atoms with van der Waals surface area (Å²) in [6, 6.07) is 10.4. The van der Waals surface area contributed by atoms with Gasteiger partial charge in [-0.2, -0.15) is 5.10 Å². The van der Waals surface area contributed by atoms with Gasteiger partial charge in [-0.25, -0.2) is 4.68 Å². The van der Waals surface area contributed by atoms with Gasteiger partial charge in [0.25, 0.3) is 0 Å². The number of amides is 1. The fourth-order valence-electron chi connectivity index (χ4n) is 3.86. The van der Waals surface area contributed by atoms with Crippen LogP contribution >= 0.6 is 0 Å². The molecule has 0 radical (unpaired) electrons. The first-order valence-electron chi connectivity index (χ1n) is 8.46. The SMILES string of the molecule is O=C(Nc1cnn(-c2ccccc2)c1)C1CC2CCCCC2N1. The number of carbonyl (C=O) groups is 1. The van der Waals surface area contributed by atoms with Crippen LogP contribution in [0.15, 0.2) is 42.7 Å². The summed E-state index contributed by atoms with van der Waals surface area (Å²) in [5.74, 6) is 0.735. The van der Waals surface area contributed by atoms with Gasteiger partial charge in [-0.3, -0.25) is 4.79 Å². The molecule has 2 aliphatic rings. The van der Waals surface area contributed by atoms with Crippen molar-refractivity contribution in [3.05, 3.63) is 42.7 Å². The lowest BCUT2D eigenvalue weighted by Gasteiger charge is -2.24. The van der Waals surface area contributed by atoms with E-state index >= 15 is 0 Å². The van der Waals surface area contributed by atoms with Crippen molar-refractivity contribution in [3.63, 3.8) is 0 Å². The lowest BCUT2D eigenvalue weighted by atomic mass is 9.85. The maximum Gasteiger partial charge on any atom is 0.241 e. The Balaban J connectivity index is 1.41. The molecule has 3 atom stereocenters. The predicted octanol–water partition coefficient (Wildman–Crippen LogP) is 2.73. The number of hydrogen-bond donors (Lipinski definition) is 2. The molecule has 23 heavy (non-hydrogen) atoms. The van der Waals surface area contributed by atoms with Crippen LogP contribution in [0, 0.1) is 5.92 Å². The summed E-state index contributed by atoms with van der Waals surface area (Å²) in [5.41, 5.74) is 1.73. The number of hydrogen-bond acceptors (Lipinski definition) is 3. The van der Waals surface area contributed by atoms with Gasteiger partial charge in [0.2, 0.25) is 5.91 Å². The second-order valence-electron chi connectivity index (χ2n) is 6.60. The van der Waals surface area contributed by atoms with Gasteiger partial charge in [0, 0.05) is 6.04 Å². The third-order valence-electron chi connectivity index (χ3n) is 5.05.